The Bertz CT molecular complexity index is 548. The third-order valence-corrected chi connectivity index (χ3v) is 2.95. The first kappa shape index (κ1) is 13.0. The molecule has 0 amide bonds. The number of aromatic amines is 1. The van der Waals surface area contributed by atoms with Crippen LogP contribution in [0.25, 0.3) is 11.0 Å². The molecule has 3 nitrogen and oxygen atoms in total. The summed E-state index contributed by atoms with van der Waals surface area (Å²) in [6.07, 6.45) is 0.862. The van der Waals surface area contributed by atoms with Crippen molar-refractivity contribution in [1.82, 2.24) is 9.97 Å². The van der Waals surface area contributed by atoms with Crippen LogP contribution < -0.4 is 5.73 Å². The summed E-state index contributed by atoms with van der Waals surface area (Å²) in [6.45, 7) is 4.61. The normalized spacial score (nSPS) is 13.4. The second-order valence-corrected chi connectivity index (χ2v) is 4.97. The second kappa shape index (κ2) is 5.02. The lowest BCUT2D eigenvalue weighted by atomic mass is 9.97. The Morgan fingerprint density at radius 2 is 2.06 bits per heavy atom. The molecule has 0 saturated heterocycles. The summed E-state index contributed by atoms with van der Waals surface area (Å²) in [4.78, 5) is 7.16. The highest BCUT2D eigenvalue weighted by Crippen LogP contribution is 2.24. The molecule has 1 aromatic heterocycles. The van der Waals surface area contributed by atoms with E-state index < -0.39 is 11.6 Å². The average molecular weight is 253 g/mol. The molecule has 1 atom stereocenters. The van der Waals surface area contributed by atoms with E-state index in [4.69, 9.17) is 5.73 Å². The fourth-order valence-electron chi connectivity index (χ4n) is 2.14. The number of benzene rings is 1. The van der Waals surface area contributed by atoms with Gasteiger partial charge in [-0.2, -0.15) is 0 Å². The van der Waals surface area contributed by atoms with Crippen LogP contribution in [0.5, 0.6) is 0 Å². The van der Waals surface area contributed by atoms with Crippen molar-refractivity contribution in [1.29, 1.82) is 0 Å². The van der Waals surface area contributed by atoms with Crippen molar-refractivity contribution >= 4 is 11.0 Å². The fourth-order valence-corrected chi connectivity index (χ4v) is 2.14. The quantitative estimate of drug-likeness (QED) is 0.880. The lowest BCUT2D eigenvalue weighted by Crippen LogP contribution is -2.15. The van der Waals surface area contributed by atoms with E-state index in [9.17, 15) is 8.78 Å². The Balaban J connectivity index is 2.42. The predicted molar refractivity (Wildman–Crippen MR) is 67.3 cm³/mol. The number of hydrogen-bond donors (Lipinski definition) is 2. The van der Waals surface area contributed by atoms with E-state index in [0.29, 0.717) is 23.8 Å². The van der Waals surface area contributed by atoms with Gasteiger partial charge in [0.05, 0.1) is 5.52 Å². The number of imidazole rings is 1. The van der Waals surface area contributed by atoms with Crippen LogP contribution >= 0.6 is 0 Å². The number of nitrogens with two attached hydrogens (primary N) is 1. The van der Waals surface area contributed by atoms with Gasteiger partial charge in [-0.15, -0.1) is 0 Å². The van der Waals surface area contributed by atoms with Crippen molar-refractivity contribution in [3.05, 3.63) is 29.6 Å². The first-order valence-corrected chi connectivity index (χ1v) is 6.06. The predicted octanol–water partition coefficient (Wildman–Crippen LogP) is 2.93. The molecule has 0 fully saturated rings. The molecule has 0 bridgehead atoms. The van der Waals surface area contributed by atoms with E-state index in [1.807, 2.05) is 0 Å². The molecule has 3 N–H and O–H groups in total. The van der Waals surface area contributed by atoms with Gasteiger partial charge in [0.25, 0.3) is 0 Å². The minimum Gasteiger partial charge on any atom is -0.342 e. The van der Waals surface area contributed by atoms with Crippen LogP contribution in [0, 0.1) is 17.6 Å². The largest absolute Gasteiger partial charge is 0.342 e. The first-order valence-electron chi connectivity index (χ1n) is 6.06. The van der Waals surface area contributed by atoms with Crippen LogP contribution in [0.2, 0.25) is 0 Å². The fraction of sp³-hybridized carbons (Fsp3) is 0.462. The number of nitrogens with zero attached hydrogens (tertiary/aromatic N) is 1. The zero-order valence-electron chi connectivity index (χ0n) is 10.5. The third kappa shape index (κ3) is 2.51. The van der Waals surface area contributed by atoms with Gasteiger partial charge in [0.15, 0.2) is 5.82 Å². The van der Waals surface area contributed by atoms with Gasteiger partial charge < -0.3 is 10.7 Å². The lowest BCUT2D eigenvalue weighted by Gasteiger charge is -2.14. The maximum Gasteiger partial charge on any atom is 0.153 e. The lowest BCUT2D eigenvalue weighted by molar-refractivity contribution is 0.491. The van der Waals surface area contributed by atoms with Crippen molar-refractivity contribution in [2.45, 2.75) is 26.2 Å². The average Bonchev–Trinajstić information content (AvgIpc) is 2.69. The molecule has 1 aromatic carbocycles. The van der Waals surface area contributed by atoms with Gasteiger partial charge in [0, 0.05) is 18.5 Å². The van der Waals surface area contributed by atoms with E-state index in [2.05, 4.69) is 23.8 Å². The molecule has 0 aliphatic rings. The summed E-state index contributed by atoms with van der Waals surface area (Å²) in [7, 11) is 0. The van der Waals surface area contributed by atoms with Crippen molar-refractivity contribution in [2.75, 3.05) is 6.54 Å². The standard InChI is InChI=1S/C13H17F2N3/c1-7(2)3-8(6-16)13-17-11-5-9(14)4-10(15)12(11)18-13/h4-5,7-8H,3,6,16H2,1-2H3,(H,17,18). The van der Waals surface area contributed by atoms with Crippen LogP contribution in [0.4, 0.5) is 8.78 Å². The molecular formula is C13H17F2N3. The number of aromatic nitrogens is 2. The molecule has 0 aliphatic carbocycles. The highest BCUT2D eigenvalue weighted by atomic mass is 19.1. The van der Waals surface area contributed by atoms with Gasteiger partial charge in [-0.25, -0.2) is 13.8 Å². The first-order chi connectivity index (χ1) is 8.51. The molecule has 2 rings (SSSR count). The van der Waals surface area contributed by atoms with E-state index in [1.54, 1.807) is 0 Å². The number of rotatable bonds is 4. The number of halogens is 2. The SMILES string of the molecule is CC(C)CC(CN)c1nc2c(F)cc(F)cc2[nH]1. The zero-order valence-corrected chi connectivity index (χ0v) is 10.5. The van der Waals surface area contributed by atoms with Crippen LogP contribution in [-0.2, 0) is 0 Å². The minimum absolute atomic E-state index is 0.0415. The van der Waals surface area contributed by atoms with Gasteiger partial charge in [0.1, 0.15) is 17.2 Å². The van der Waals surface area contributed by atoms with E-state index in [0.717, 1.165) is 12.5 Å². The Kier molecular flexibility index (Phi) is 3.61. The maximum absolute atomic E-state index is 13.5. The summed E-state index contributed by atoms with van der Waals surface area (Å²) in [5.74, 6) is -0.116. The van der Waals surface area contributed by atoms with Crippen molar-refractivity contribution in [2.24, 2.45) is 11.7 Å². The van der Waals surface area contributed by atoms with Gasteiger partial charge >= 0.3 is 0 Å². The molecule has 5 heteroatoms. The summed E-state index contributed by atoms with van der Waals surface area (Å²) in [5, 5.41) is 0. The van der Waals surface area contributed by atoms with Gasteiger partial charge in [-0.3, -0.25) is 0 Å². The molecule has 1 heterocycles. The number of H-pyrrole nitrogens is 1. The van der Waals surface area contributed by atoms with Gasteiger partial charge in [-0.1, -0.05) is 13.8 Å². The van der Waals surface area contributed by atoms with E-state index >= 15 is 0 Å². The van der Waals surface area contributed by atoms with Crippen LogP contribution in [0.1, 0.15) is 32.0 Å². The summed E-state index contributed by atoms with van der Waals surface area (Å²) in [6, 6.07) is 2.09. The monoisotopic (exact) mass is 253 g/mol. The topological polar surface area (TPSA) is 54.7 Å². The van der Waals surface area contributed by atoms with Gasteiger partial charge in [0.2, 0.25) is 0 Å². The molecule has 1 unspecified atom stereocenters. The zero-order chi connectivity index (χ0) is 13.3. The minimum atomic E-state index is -0.646. The van der Waals surface area contributed by atoms with Crippen molar-refractivity contribution in [3.8, 4) is 0 Å². The molecule has 98 valence electrons. The summed E-state index contributed by atoms with van der Waals surface area (Å²) in [5.41, 5.74) is 6.27. The van der Waals surface area contributed by atoms with Crippen LogP contribution in [0.15, 0.2) is 12.1 Å². The van der Waals surface area contributed by atoms with Crippen LogP contribution in [-0.4, -0.2) is 16.5 Å². The Labute approximate surface area is 104 Å². The summed E-state index contributed by atoms with van der Waals surface area (Å²) >= 11 is 0. The summed E-state index contributed by atoms with van der Waals surface area (Å²) < 4.78 is 26.6. The molecule has 0 radical (unpaired) electrons. The Hall–Kier alpha value is -1.49. The molecule has 0 saturated carbocycles. The van der Waals surface area contributed by atoms with Crippen molar-refractivity contribution < 1.29 is 8.78 Å². The highest BCUT2D eigenvalue weighted by Gasteiger charge is 2.17. The number of hydrogen-bond acceptors (Lipinski definition) is 2. The van der Waals surface area contributed by atoms with Crippen molar-refractivity contribution in [3.63, 3.8) is 0 Å². The van der Waals surface area contributed by atoms with E-state index in [-0.39, 0.29) is 11.4 Å². The molecular weight excluding hydrogens is 236 g/mol. The second-order valence-electron chi connectivity index (χ2n) is 4.97. The molecule has 0 aliphatic heterocycles. The Morgan fingerprint density at radius 1 is 1.33 bits per heavy atom. The maximum atomic E-state index is 13.5. The third-order valence-electron chi connectivity index (χ3n) is 2.95. The van der Waals surface area contributed by atoms with E-state index in [1.165, 1.54) is 6.07 Å². The molecule has 0 spiro atoms. The molecule has 2 aromatic rings. The Morgan fingerprint density at radius 3 is 2.67 bits per heavy atom. The highest BCUT2D eigenvalue weighted by molar-refractivity contribution is 5.75. The molecule has 18 heavy (non-hydrogen) atoms. The number of nitrogens with one attached hydrogen (secondary N) is 1. The number of fused-ring (bicyclic) bond motifs is 1. The van der Waals surface area contributed by atoms with Gasteiger partial charge in [-0.05, 0) is 18.4 Å². The van der Waals surface area contributed by atoms with Crippen LogP contribution in [0.3, 0.4) is 0 Å². The smallest absolute Gasteiger partial charge is 0.153 e.